The lowest BCUT2D eigenvalue weighted by Gasteiger charge is -2.39. The molecule has 0 unspecified atom stereocenters. The van der Waals surface area contributed by atoms with Crippen molar-refractivity contribution in [3.05, 3.63) is 29.8 Å². The van der Waals surface area contributed by atoms with Crippen LogP contribution in [0, 0.1) is 22.7 Å². The van der Waals surface area contributed by atoms with E-state index < -0.39 is 5.41 Å². The zero-order valence-electron chi connectivity index (χ0n) is 17.1. The molecule has 0 radical (unpaired) electrons. The summed E-state index contributed by atoms with van der Waals surface area (Å²) in [6, 6.07) is 9.15. The van der Waals surface area contributed by atoms with Gasteiger partial charge in [0.05, 0.1) is 30.8 Å². The van der Waals surface area contributed by atoms with Gasteiger partial charge in [-0.15, -0.1) is 0 Å². The fourth-order valence-electron chi connectivity index (χ4n) is 3.60. The Kier molecular flexibility index (Phi) is 7.86. The van der Waals surface area contributed by atoms with Crippen molar-refractivity contribution >= 4 is 11.9 Å². The third-order valence-electron chi connectivity index (χ3n) is 5.52. The molecule has 0 aromatic heterocycles. The Morgan fingerprint density at radius 1 is 1.32 bits per heavy atom. The summed E-state index contributed by atoms with van der Waals surface area (Å²) in [5.41, 5.74) is -0.0123. The summed E-state index contributed by atoms with van der Waals surface area (Å²) in [5, 5.41) is 8.90. The van der Waals surface area contributed by atoms with Gasteiger partial charge in [0.2, 0.25) is 5.91 Å². The van der Waals surface area contributed by atoms with Crippen molar-refractivity contribution in [3.8, 4) is 11.8 Å². The number of unbranched alkanes of at least 4 members (excludes halogenated alkanes) is 1. The topological polar surface area (TPSA) is 79.6 Å². The number of hydrogen-bond donors (Lipinski definition) is 0. The number of carbonyl (C=O) groups is 2. The average Bonchev–Trinajstić information content (AvgIpc) is 2.72. The molecule has 28 heavy (non-hydrogen) atoms. The molecule has 1 fully saturated rings. The number of methoxy groups -OCH3 is 1. The number of ether oxygens (including phenoxy) is 2. The highest BCUT2D eigenvalue weighted by atomic mass is 16.5. The molecule has 1 aliphatic heterocycles. The minimum absolute atomic E-state index is 0.119. The Labute approximate surface area is 167 Å². The predicted molar refractivity (Wildman–Crippen MR) is 106 cm³/mol. The number of esters is 1. The number of amides is 1. The molecule has 0 spiro atoms. The highest BCUT2D eigenvalue weighted by Crippen LogP contribution is 2.35. The summed E-state index contributed by atoms with van der Waals surface area (Å²) < 4.78 is 10.6. The third kappa shape index (κ3) is 5.72. The lowest BCUT2D eigenvalue weighted by atomic mass is 9.74. The maximum atomic E-state index is 12.6. The number of nitrogens with zero attached hydrogens (tertiary/aromatic N) is 2. The van der Waals surface area contributed by atoms with Crippen molar-refractivity contribution < 1.29 is 19.1 Å². The Balaban J connectivity index is 1.73. The van der Waals surface area contributed by atoms with E-state index in [0.717, 1.165) is 32.2 Å². The zero-order chi connectivity index (χ0) is 20.6. The first-order valence-corrected chi connectivity index (χ1v) is 9.87. The molecule has 0 saturated carbocycles. The van der Waals surface area contributed by atoms with E-state index in [-0.39, 0.29) is 17.8 Å². The van der Waals surface area contributed by atoms with E-state index >= 15 is 0 Å². The maximum absolute atomic E-state index is 12.6. The minimum atomic E-state index is -0.584. The van der Waals surface area contributed by atoms with Crippen LogP contribution in [0.5, 0.6) is 5.75 Å². The van der Waals surface area contributed by atoms with Gasteiger partial charge < -0.3 is 14.4 Å². The summed E-state index contributed by atoms with van der Waals surface area (Å²) in [6.45, 7) is 5.68. The van der Waals surface area contributed by atoms with Gasteiger partial charge in [0.15, 0.2) is 0 Å². The molecule has 1 amide bonds. The monoisotopic (exact) mass is 386 g/mol. The standard InChI is InChI=1S/C22H30N2O4/c1-22(2,21(26)27-3)18-9-7-12-24(16-18)20(25)11-4-5-13-28-19-10-6-8-17(14-19)15-23/h6,8,10,14,18H,4-5,7,9,11-13,16H2,1-3H3/t18-/m0/s1. The first-order chi connectivity index (χ1) is 13.4. The van der Waals surface area contributed by atoms with Crippen LogP contribution in [0.3, 0.4) is 0 Å². The van der Waals surface area contributed by atoms with Crippen LogP contribution in [0.15, 0.2) is 24.3 Å². The summed E-state index contributed by atoms with van der Waals surface area (Å²) in [6.07, 6.45) is 3.84. The van der Waals surface area contributed by atoms with Crippen molar-refractivity contribution in [2.45, 2.75) is 46.0 Å². The fraction of sp³-hybridized carbons (Fsp3) is 0.591. The highest BCUT2D eigenvalue weighted by Gasteiger charge is 2.40. The van der Waals surface area contributed by atoms with Crippen LogP contribution >= 0.6 is 0 Å². The molecule has 1 atom stereocenters. The Hall–Kier alpha value is -2.55. The molecule has 6 heteroatoms. The number of carbonyl (C=O) groups excluding carboxylic acids is 2. The van der Waals surface area contributed by atoms with Gasteiger partial charge in [0.25, 0.3) is 0 Å². The number of hydrogen-bond acceptors (Lipinski definition) is 5. The van der Waals surface area contributed by atoms with Gasteiger partial charge >= 0.3 is 5.97 Å². The normalized spacial score (nSPS) is 16.9. The fourth-order valence-corrected chi connectivity index (χ4v) is 3.60. The van der Waals surface area contributed by atoms with Crippen LogP contribution in [0.25, 0.3) is 0 Å². The zero-order valence-corrected chi connectivity index (χ0v) is 17.1. The number of likely N-dealkylation sites (tertiary alicyclic amines) is 1. The molecule has 0 aliphatic carbocycles. The van der Waals surface area contributed by atoms with Crippen LogP contribution in [0.4, 0.5) is 0 Å². The Morgan fingerprint density at radius 2 is 2.11 bits per heavy atom. The maximum Gasteiger partial charge on any atom is 0.311 e. The van der Waals surface area contributed by atoms with Gasteiger partial charge in [-0.25, -0.2) is 0 Å². The van der Waals surface area contributed by atoms with E-state index in [1.54, 1.807) is 18.2 Å². The molecule has 0 bridgehead atoms. The smallest absolute Gasteiger partial charge is 0.311 e. The molecule has 1 aliphatic rings. The summed E-state index contributed by atoms with van der Waals surface area (Å²) in [7, 11) is 1.41. The summed E-state index contributed by atoms with van der Waals surface area (Å²) >= 11 is 0. The minimum Gasteiger partial charge on any atom is -0.494 e. The number of piperidine rings is 1. The lowest BCUT2D eigenvalue weighted by molar-refractivity contribution is -0.156. The number of benzene rings is 1. The summed E-state index contributed by atoms with van der Waals surface area (Å²) in [4.78, 5) is 26.5. The predicted octanol–water partition coefficient (Wildman–Crippen LogP) is 3.55. The van der Waals surface area contributed by atoms with Crippen molar-refractivity contribution in [1.29, 1.82) is 5.26 Å². The van der Waals surface area contributed by atoms with Gasteiger partial charge in [0.1, 0.15) is 5.75 Å². The molecule has 1 heterocycles. The van der Waals surface area contributed by atoms with E-state index in [4.69, 9.17) is 14.7 Å². The Morgan fingerprint density at radius 3 is 2.82 bits per heavy atom. The average molecular weight is 386 g/mol. The van der Waals surface area contributed by atoms with Crippen molar-refractivity contribution in [2.24, 2.45) is 11.3 Å². The molecular weight excluding hydrogens is 356 g/mol. The van der Waals surface area contributed by atoms with Crippen molar-refractivity contribution in [1.82, 2.24) is 4.90 Å². The first-order valence-electron chi connectivity index (χ1n) is 9.87. The first kappa shape index (κ1) is 21.7. The molecule has 1 aromatic rings. The van der Waals surface area contributed by atoms with E-state index in [9.17, 15) is 9.59 Å². The van der Waals surface area contributed by atoms with Crippen LogP contribution in [-0.4, -0.2) is 43.6 Å². The van der Waals surface area contributed by atoms with E-state index in [1.807, 2.05) is 24.8 Å². The summed E-state index contributed by atoms with van der Waals surface area (Å²) in [5.74, 6) is 0.712. The molecule has 6 nitrogen and oxygen atoms in total. The SMILES string of the molecule is COC(=O)C(C)(C)[C@H]1CCCN(C(=O)CCCCOc2cccc(C#N)c2)C1. The largest absolute Gasteiger partial charge is 0.494 e. The second-order valence-electron chi connectivity index (χ2n) is 7.84. The van der Waals surface area contributed by atoms with Gasteiger partial charge in [-0.3, -0.25) is 9.59 Å². The molecule has 2 rings (SSSR count). The lowest BCUT2D eigenvalue weighted by Crippen LogP contribution is -2.47. The van der Waals surface area contributed by atoms with Gasteiger partial charge in [-0.1, -0.05) is 6.07 Å². The Bertz CT molecular complexity index is 723. The quantitative estimate of drug-likeness (QED) is 0.504. The molecule has 0 N–H and O–H groups in total. The highest BCUT2D eigenvalue weighted by molar-refractivity contribution is 5.78. The number of nitriles is 1. The third-order valence-corrected chi connectivity index (χ3v) is 5.52. The van der Waals surface area contributed by atoms with Gasteiger partial charge in [0, 0.05) is 19.5 Å². The number of rotatable bonds is 8. The van der Waals surface area contributed by atoms with Crippen LogP contribution in [0.2, 0.25) is 0 Å². The van der Waals surface area contributed by atoms with Crippen LogP contribution < -0.4 is 4.74 Å². The van der Waals surface area contributed by atoms with Crippen LogP contribution in [-0.2, 0) is 14.3 Å². The van der Waals surface area contributed by atoms with E-state index in [0.29, 0.717) is 30.9 Å². The molecule has 1 aromatic carbocycles. The second kappa shape index (κ2) is 10.1. The van der Waals surface area contributed by atoms with Crippen LogP contribution in [0.1, 0.15) is 51.5 Å². The van der Waals surface area contributed by atoms with E-state index in [1.165, 1.54) is 7.11 Å². The molecular formula is C22H30N2O4. The molecule has 152 valence electrons. The van der Waals surface area contributed by atoms with Gasteiger partial charge in [-0.05, 0) is 63.6 Å². The van der Waals surface area contributed by atoms with E-state index in [2.05, 4.69) is 6.07 Å². The van der Waals surface area contributed by atoms with Crippen molar-refractivity contribution in [3.63, 3.8) is 0 Å². The van der Waals surface area contributed by atoms with Gasteiger partial charge in [-0.2, -0.15) is 5.26 Å². The second-order valence-corrected chi connectivity index (χ2v) is 7.84. The van der Waals surface area contributed by atoms with Crippen molar-refractivity contribution in [2.75, 3.05) is 26.8 Å². The molecule has 1 saturated heterocycles.